The van der Waals surface area contributed by atoms with Gasteiger partial charge in [0.05, 0.1) is 79.3 Å². The average Bonchev–Trinajstić information content (AvgIpc) is 3.47. The largest absolute Gasteiger partial charge is 0.457 e. The number of carbonyl (C=O) groups excluding carboxylic acids is 3. The van der Waals surface area contributed by atoms with Crippen molar-refractivity contribution in [1.82, 2.24) is 4.90 Å². The minimum absolute atomic E-state index is 0.00925. The molecule has 0 fully saturated rings. The topological polar surface area (TPSA) is 128 Å². The Morgan fingerprint density at radius 1 is 0.520 bits per heavy atom. The zero-order chi connectivity index (χ0) is 35.2. The number of benzene rings is 3. The molecule has 12 nitrogen and oxygen atoms in total. The number of amides is 1. The van der Waals surface area contributed by atoms with E-state index in [9.17, 15) is 14.4 Å². The third kappa shape index (κ3) is 12.9. The smallest absolute Gasteiger partial charge is 0.409 e. The Morgan fingerprint density at radius 2 is 0.940 bits per heavy atom. The van der Waals surface area contributed by atoms with E-state index in [1.54, 1.807) is 37.4 Å². The molecule has 4 rings (SSSR count). The second-order valence-corrected chi connectivity index (χ2v) is 11.2. The summed E-state index contributed by atoms with van der Waals surface area (Å²) in [6.07, 6.45) is -0.376. The molecule has 0 saturated heterocycles. The predicted molar refractivity (Wildman–Crippen MR) is 184 cm³/mol. The molecule has 0 radical (unpaired) electrons. The SMILES string of the molecule is CN(CCOCCOCCOCCOCCOCCOCCOC(=O)C(=O)c1ccccc1)C(=O)OCC1c2ccccc2-c2ccccc21. The van der Waals surface area contributed by atoms with E-state index in [-0.39, 0.29) is 31.8 Å². The molecule has 3 aromatic rings. The molecule has 12 heteroatoms. The summed E-state index contributed by atoms with van der Waals surface area (Å²) >= 11 is 0. The van der Waals surface area contributed by atoms with Crippen molar-refractivity contribution >= 4 is 17.8 Å². The van der Waals surface area contributed by atoms with Crippen LogP contribution in [0, 0.1) is 0 Å². The van der Waals surface area contributed by atoms with Gasteiger partial charge in [0.2, 0.25) is 0 Å². The van der Waals surface area contributed by atoms with Crippen LogP contribution in [0.4, 0.5) is 4.79 Å². The van der Waals surface area contributed by atoms with Crippen LogP contribution >= 0.6 is 0 Å². The maximum atomic E-state index is 12.6. The quantitative estimate of drug-likeness (QED) is 0.0543. The van der Waals surface area contributed by atoms with Gasteiger partial charge in [-0.3, -0.25) is 4.79 Å². The average molecular weight is 694 g/mol. The molecule has 50 heavy (non-hydrogen) atoms. The normalized spacial score (nSPS) is 11.9. The maximum Gasteiger partial charge on any atom is 0.409 e. The van der Waals surface area contributed by atoms with E-state index >= 15 is 0 Å². The third-order valence-corrected chi connectivity index (χ3v) is 7.76. The van der Waals surface area contributed by atoms with Crippen molar-refractivity contribution in [3.8, 4) is 11.1 Å². The Bertz CT molecular complexity index is 1410. The second-order valence-electron chi connectivity index (χ2n) is 11.2. The number of Topliss-reactive ketones (excluding diaryl/α,β-unsaturated/α-hetero) is 1. The first-order valence-corrected chi connectivity index (χ1v) is 16.9. The fourth-order valence-corrected chi connectivity index (χ4v) is 5.16. The van der Waals surface area contributed by atoms with Crippen LogP contribution in [0.1, 0.15) is 27.4 Å². The van der Waals surface area contributed by atoms with Crippen molar-refractivity contribution in [1.29, 1.82) is 0 Å². The number of hydrogen-bond donors (Lipinski definition) is 0. The maximum absolute atomic E-state index is 12.6. The molecular formula is C38H47NO11. The molecule has 0 bridgehead atoms. The van der Waals surface area contributed by atoms with Gasteiger partial charge in [0.1, 0.15) is 13.2 Å². The van der Waals surface area contributed by atoms with Gasteiger partial charge in [-0.15, -0.1) is 0 Å². The van der Waals surface area contributed by atoms with Crippen LogP contribution in [0.15, 0.2) is 78.9 Å². The van der Waals surface area contributed by atoms with E-state index in [1.165, 1.54) is 27.2 Å². The van der Waals surface area contributed by atoms with Crippen molar-refractivity contribution < 1.29 is 52.3 Å². The standard InChI is InChI=1S/C38H47NO11/c1-39(38(42)50-29-35-33-13-7-5-11-31(33)32-12-6-8-14-34(32)35)15-16-43-17-18-44-19-20-45-21-22-46-23-24-47-25-26-48-27-28-49-37(41)36(40)30-9-3-2-4-10-30/h2-14,35H,15-29H2,1H3. The van der Waals surface area contributed by atoms with E-state index in [2.05, 4.69) is 24.3 Å². The molecule has 0 N–H and O–H groups in total. The first-order valence-electron chi connectivity index (χ1n) is 16.9. The Kier molecular flexibility index (Phi) is 17.4. The Hall–Kier alpha value is -4.17. The van der Waals surface area contributed by atoms with Gasteiger partial charge in [0, 0.05) is 25.1 Å². The highest BCUT2D eigenvalue weighted by molar-refractivity contribution is 6.40. The van der Waals surface area contributed by atoms with Gasteiger partial charge in [0.15, 0.2) is 0 Å². The molecular weight excluding hydrogens is 646 g/mol. The molecule has 1 aliphatic rings. The minimum Gasteiger partial charge on any atom is -0.457 e. The molecule has 1 amide bonds. The number of fused-ring (bicyclic) bond motifs is 3. The molecule has 0 aliphatic heterocycles. The van der Waals surface area contributed by atoms with Gasteiger partial charge >= 0.3 is 12.1 Å². The summed E-state index contributed by atoms with van der Waals surface area (Å²) in [7, 11) is 1.70. The van der Waals surface area contributed by atoms with E-state index < -0.39 is 11.8 Å². The van der Waals surface area contributed by atoms with Gasteiger partial charge in [-0.25, -0.2) is 9.59 Å². The van der Waals surface area contributed by atoms with Crippen molar-refractivity contribution in [2.45, 2.75) is 5.92 Å². The van der Waals surface area contributed by atoms with Crippen LogP contribution in [0.2, 0.25) is 0 Å². The number of esters is 1. The van der Waals surface area contributed by atoms with Crippen LogP contribution in [-0.2, 0) is 42.7 Å². The van der Waals surface area contributed by atoms with E-state index in [4.69, 9.17) is 37.9 Å². The second kappa shape index (κ2) is 22.5. The highest BCUT2D eigenvalue weighted by Gasteiger charge is 2.29. The van der Waals surface area contributed by atoms with Gasteiger partial charge in [-0.05, 0) is 22.3 Å². The molecule has 0 saturated carbocycles. The Labute approximate surface area is 293 Å². The van der Waals surface area contributed by atoms with Gasteiger partial charge < -0.3 is 42.8 Å². The number of carbonyl (C=O) groups is 3. The van der Waals surface area contributed by atoms with Crippen molar-refractivity contribution in [2.24, 2.45) is 0 Å². The summed E-state index contributed by atoms with van der Waals surface area (Å²) in [5.74, 6) is -1.55. The minimum atomic E-state index is -0.902. The summed E-state index contributed by atoms with van der Waals surface area (Å²) < 4.78 is 43.4. The van der Waals surface area contributed by atoms with Crippen LogP contribution in [0.3, 0.4) is 0 Å². The number of rotatable bonds is 25. The summed E-state index contributed by atoms with van der Waals surface area (Å²) in [4.78, 5) is 37.8. The lowest BCUT2D eigenvalue weighted by atomic mass is 9.98. The van der Waals surface area contributed by atoms with Crippen molar-refractivity contribution in [3.63, 3.8) is 0 Å². The summed E-state index contributed by atoms with van der Waals surface area (Å²) in [5.41, 5.74) is 5.06. The molecule has 0 heterocycles. The number of ether oxygens (including phenoxy) is 8. The number of nitrogens with zero attached hydrogens (tertiary/aromatic N) is 1. The van der Waals surface area contributed by atoms with Crippen molar-refractivity contribution in [3.05, 3.63) is 95.6 Å². The van der Waals surface area contributed by atoms with Crippen molar-refractivity contribution in [2.75, 3.05) is 106 Å². The van der Waals surface area contributed by atoms with Crippen LogP contribution in [0.25, 0.3) is 11.1 Å². The van der Waals surface area contributed by atoms with E-state index in [1.807, 2.05) is 24.3 Å². The fraction of sp³-hybridized carbons (Fsp3) is 0.447. The lowest BCUT2D eigenvalue weighted by molar-refractivity contribution is -0.139. The first kappa shape index (κ1) is 38.6. The lowest BCUT2D eigenvalue weighted by Gasteiger charge is -2.19. The fourth-order valence-electron chi connectivity index (χ4n) is 5.16. The molecule has 0 spiro atoms. The van der Waals surface area contributed by atoms with Gasteiger partial charge in [-0.2, -0.15) is 0 Å². The van der Waals surface area contributed by atoms with Crippen LogP contribution in [-0.4, -0.2) is 129 Å². The molecule has 270 valence electrons. The lowest BCUT2D eigenvalue weighted by Crippen LogP contribution is -2.32. The highest BCUT2D eigenvalue weighted by atomic mass is 16.6. The van der Waals surface area contributed by atoms with E-state index in [0.717, 1.165) is 0 Å². The van der Waals surface area contributed by atoms with Gasteiger partial charge in [0.25, 0.3) is 5.78 Å². The van der Waals surface area contributed by atoms with E-state index in [0.29, 0.717) is 84.8 Å². The Morgan fingerprint density at radius 3 is 1.44 bits per heavy atom. The van der Waals surface area contributed by atoms with Crippen LogP contribution in [0.5, 0.6) is 0 Å². The number of likely N-dealkylation sites (N-methyl/N-ethyl adjacent to an activating group) is 1. The van der Waals surface area contributed by atoms with Gasteiger partial charge in [-0.1, -0.05) is 78.9 Å². The molecule has 0 atom stereocenters. The molecule has 0 aromatic heterocycles. The zero-order valence-corrected chi connectivity index (χ0v) is 28.6. The number of hydrogen-bond acceptors (Lipinski definition) is 11. The zero-order valence-electron chi connectivity index (χ0n) is 28.6. The summed E-state index contributed by atoms with van der Waals surface area (Å²) in [5, 5.41) is 0. The summed E-state index contributed by atoms with van der Waals surface area (Å²) in [6, 6.07) is 24.8. The summed E-state index contributed by atoms with van der Waals surface area (Å²) in [6.45, 7) is 5.38. The molecule has 3 aromatic carbocycles. The Balaban J connectivity index is 0.872. The third-order valence-electron chi connectivity index (χ3n) is 7.76. The number of ketones is 1. The highest BCUT2D eigenvalue weighted by Crippen LogP contribution is 2.44. The molecule has 1 aliphatic carbocycles. The first-order chi connectivity index (χ1) is 24.6. The molecule has 0 unspecified atom stereocenters. The van der Waals surface area contributed by atoms with Crippen LogP contribution < -0.4 is 0 Å². The predicted octanol–water partition coefficient (Wildman–Crippen LogP) is 4.39. The monoisotopic (exact) mass is 693 g/mol.